The van der Waals surface area contributed by atoms with Gasteiger partial charge >= 0.3 is 5.97 Å². The molecule has 6 heteroatoms. The van der Waals surface area contributed by atoms with Crippen LogP contribution in [0.3, 0.4) is 0 Å². The maximum Gasteiger partial charge on any atom is 0.306 e. The molecule has 1 aromatic carbocycles. The summed E-state index contributed by atoms with van der Waals surface area (Å²) in [4.78, 5) is 23.4. The topological polar surface area (TPSA) is 79.2 Å². The summed E-state index contributed by atoms with van der Waals surface area (Å²) >= 11 is 5.88. The van der Waals surface area contributed by atoms with Crippen molar-refractivity contribution in [1.82, 2.24) is 0 Å². The number of hydrogen-bond acceptors (Lipinski definition) is 4. The van der Waals surface area contributed by atoms with Crippen molar-refractivity contribution >= 4 is 29.2 Å². The van der Waals surface area contributed by atoms with E-state index in [-0.39, 0.29) is 17.6 Å². The number of anilines is 1. The van der Waals surface area contributed by atoms with Crippen molar-refractivity contribution in [3.8, 4) is 6.07 Å². The zero-order chi connectivity index (χ0) is 15.9. The number of rotatable bonds is 5. The lowest BCUT2D eigenvalue weighted by Crippen LogP contribution is -2.21. The second-order valence-electron chi connectivity index (χ2n) is 5.37. The molecule has 0 atom stereocenters. The van der Waals surface area contributed by atoms with Crippen LogP contribution in [0.4, 0.5) is 5.69 Å². The summed E-state index contributed by atoms with van der Waals surface area (Å²) in [5, 5.41) is 11.6. The van der Waals surface area contributed by atoms with Gasteiger partial charge in [-0.3, -0.25) is 9.59 Å². The van der Waals surface area contributed by atoms with Gasteiger partial charge in [0.05, 0.1) is 10.6 Å². The number of ether oxygens (including phenoxy) is 1. The number of benzene rings is 1. The van der Waals surface area contributed by atoms with Crippen LogP contribution >= 0.6 is 11.6 Å². The van der Waals surface area contributed by atoms with Crippen LogP contribution in [0.1, 0.15) is 37.7 Å². The highest BCUT2D eigenvalue weighted by Gasteiger charge is 2.19. The molecule has 0 unspecified atom stereocenters. The van der Waals surface area contributed by atoms with E-state index < -0.39 is 5.91 Å². The molecule has 1 N–H and O–H groups in total. The molecule has 1 aromatic rings. The summed E-state index contributed by atoms with van der Waals surface area (Å²) in [6.45, 7) is -0.316. The van der Waals surface area contributed by atoms with E-state index in [1.165, 1.54) is 12.1 Å². The average molecular weight is 321 g/mol. The molecule has 1 aliphatic carbocycles. The number of nitrogens with zero attached hydrogens (tertiary/aromatic N) is 1. The first kappa shape index (κ1) is 16.3. The van der Waals surface area contributed by atoms with Crippen molar-refractivity contribution in [3.63, 3.8) is 0 Å². The van der Waals surface area contributed by atoms with Gasteiger partial charge in [-0.25, -0.2) is 0 Å². The smallest absolute Gasteiger partial charge is 0.306 e. The van der Waals surface area contributed by atoms with Crippen LogP contribution in [-0.4, -0.2) is 18.5 Å². The molecule has 0 spiro atoms. The van der Waals surface area contributed by atoms with E-state index in [0.717, 1.165) is 25.7 Å². The van der Waals surface area contributed by atoms with Crippen molar-refractivity contribution < 1.29 is 14.3 Å². The molecule has 1 saturated carbocycles. The highest BCUT2D eigenvalue weighted by atomic mass is 35.5. The van der Waals surface area contributed by atoms with Crippen molar-refractivity contribution in [2.45, 2.75) is 32.1 Å². The number of nitrogens with one attached hydrogen (secondary N) is 1. The predicted molar refractivity (Wildman–Crippen MR) is 82.3 cm³/mol. The van der Waals surface area contributed by atoms with Gasteiger partial charge in [0.15, 0.2) is 6.61 Å². The van der Waals surface area contributed by atoms with Crippen LogP contribution in [0.2, 0.25) is 5.02 Å². The van der Waals surface area contributed by atoms with Gasteiger partial charge in [-0.15, -0.1) is 0 Å². The lowest BCUT2D eigenvalue weighted by atomic mass is 10.1. The first-order valence-corrected chi connectivity index (χ1v) is 7.61. The molecule has 0 aliphatic heterocycles. The van der Waals surface area contributed by atoms with E-state index in [1.807, 2.05) is 6.07 Å². The number of carbonyl (C=O) groups is 2. The van der Waals surface area contributed by atoms with Gasteiger partial charge in [-0.05, 0) is 37.0 Å². The Bertz CT molecular complexity index is 604. The van der Waals surface area contributed by atoms with Crippen LogP contribution in [0, 0.1) is 17.2 Å². The zero-order valence-corrected chi connectivity index (χ0v) is 12.9. The zero-order valence-electron chi connectivity index (χ0n) is 12.1. The van der Waals surface area contributed by atoms with E-state index >= 15 is 0 Å². The summed E-state index contributed by atoms with van der Waals surface area (Å²) in [6, 6.07) is 6.51. The van der Waals surface area contributed by atoms with E-state index in [0.29, 0.717) is 23.6 Å². The normalized spacial score (nSPS) is 14.4. The maximum atomic E-state index is 11.7. The first-order valence-electron chi connectivity index (χ1n) is 7.23. The fraction of sp³-hybridized carbons (Fsp3) is 0.438. The number of esters is 1. The molecule has 116 valence electrons. The molecular formula is C16H17ClN2O3. The first-order chi connectivity index (χ1) is 10.6. The van der Waals surface area contributed by atoms with Crippen LogP contribution < -0.4 is 5.32 Å². The molecule has 5 nitrogen and oxygen atoms in total. The SMILES string of the molecule is N#Cc1ccc(NC(=O)COC(=O)CC2CCCC2)cc1Cl. The molecule has 0 radical (unpaired) electrons. The Morgan fingerprint density at radius 2 is 2.09 bits per heavy atom. The quantitative estimate of drug-likeness (QED) is 0.844. The Morgan fingerprint density at radius 3 is 2.73 bits per heavy atom. The predicted octanol–water partition coefficient (Wildman–Crippen LogP) is 3.27. The fourth-order valence-corrected chi connectivity index (χ4v) is 2.76. The van der Waals surface area contributed by atoms with Crippen LogP contribution in [0.25, 0.3) is 0 Å². The van der Waals surface area contributed by atoms with Gasteiger partial charge in [-0.1, -0.05) is 24.4 Å². The molecule has 0 saturated heterocycles. The summed E-state index contributed by atoms with van der Waals surface area (Å²) in [7, 11) is 0. The van der Waals surface area contributed by atoms with E-state index in [2.05, 4.69) is 5.32 Å². The molecule has 0 heterocycles. The molecule has 1 fully saturated rings. The summed E-state index contributed by atoms with van der Waals surface area (Å²) in [6.07, 6.45) is 4.84. The van der Waals surface area contributed by atoms with Gasteiger partial charge in [0.2, 0.25) is 0 Å². The fourth-order valence-electron chi connectivity index (χ4n) is 2.54. The largest absolute Gasteiger partial charge is 0.456 e. The monoisotopic (exact) mass is 320 g/mol. The molecule has 1 aliphatic rings. The Kier molecular flexibility index (Phi) is 5.79. The highest BCUT2D eigenvalue weighted by Crippen LogP contribution is 2.27. The number of halogens is 1. The van der Waals surface area contributed by atoms with Gasteiger partial charge in [-0.2, -0.15) is 5.26 Å². The minimum absolute atomic E-state index is 0.263. The lowest BCUT2D eigenvalue weighted by Gasteiger charge is -2.09. The number of amides is 1. The van der Waals surface area contributed by atoms with E-state index in [1.54, 1.807) is 6.07 Å². The summed E-state index contributed by atoms with van der Waals surface area (Å²) in [5.41, 5.74) is 0.795. The third-order valence-electron chi connectivity index (χ3n) is 3.67. The molecule has 0 aromatic heterocycles. The number of carbonyl (C=O) groups excluding carboxylic acids is 2. The van der Waals surface area contributed by atoms with Crippen LogP contribution in [0.15, 0.2) is 18.2 Å². The maximum absolute atomic E-state index is 11.7. The molecule has 0 bridgehead atoms. The van der Waals surface area contributed by atoms with Gasteiger partial charge in [0.1, 0.15) is 6.07 Å². The van der Waals surface area contributed by atoms with E-state index in [9.17, 15) is 9.59 Å². The Labute approximate surface area is 134 Å². The summed E-state index contributed by atoms with van der Waals surface area (Å²) in [5.74, 6) is -0.367. The van der Waals surface area contributed by atoms with Crippen molar-refractivity contribution in [2.75, 3.05) is 11.9 Å². The number of nitriles is 1. The van der Waals surface area contributed by atoms with Crippen molar-refractivity contribution in [3.05, 3.63) is 28.8 Å². The molecule has 2 rings (SSSR count). The number of hydrogen-bond donors (Lipinski definition) is 1. The van der Waals surface area contributed by atoms with E-state index in [4.69, 9.17) is 21.6 Å². The standard InChI is InChI=1S/C16H17ClN2O3/c17-14-8-13(6-5-12(14)9-18)19-15(20)10-22-16(21)7-11-3-1-2-4-11/h5-6,8,11H,1-4,7,10H2,(H,19,20). The average Bonchev–Trinajstić information content (AvgIpc) is 2.98. The summed E-state index contributed by atoms with van der Waals surface area (Å²) < 4.78 is 4.98. The molecule has 22 heavy (non-hydrogen) atoms. The van der Waals surface area contributed by atoms with Crippen molar-refractivity contribution in [1.29, 1.82) is 5.26 Å². The van der Waals surface area contributed by atoms with Crippen LogP contribution in [-0.2, 0) is 14.3 Å². The minimum Gasteiger partial charge on any atom is -0.456 e. The molecule has 1 amide bonds. The van der Waals surface area contributed by atoms with Crippen molar-refractivity contribution in [2.24, 2.45) is 5.92 Å². The van der Waals surface area contributed by atoms with Gasteiger partial charge < -0.3 is 10.1 Å². The Morgan fingerprint density at radius 1 is 1.36 bits per heavy atom. The second-order valence-corrected chi connectivity index (χ2v) is 5.78. The third kappa shape index (κ3) is 4.74. The minimum atomic E-state index is -0.430. The van der Waals surface area contributed by atoms with Gasteiger partial charge in [0, 0.05) is 12.1 Å². The Balaban J connectivity index is 1.76. The van der Waals surface area contributed by atoms with Gasteiger partial charge in [0.25, 0.3) is 5.91 Å². The highest BCUT2D eigenvalue weighted by molar-refractivity contribution is 6.32. The molecular weight excluding hydrogens is 304 g/mol. The Hall–Kier alpha value is -2.06. The third-order valence-corrected chi connectivity index (χ3v) is 3.98. The second kappa shape index (κ2) is 7.81. The lowest BCUT2D eigenvalue weighted by molar-refractivity contribution is -0.148. The van der Waals surface area contributed by atoms with Crippen LogP contribution in [0.5, 0.6) is 0 Å².